The van der Waals surface area contributed by atoms with Gasteiger partial charge in [0.05, 0.1) is 10.2 Å². The highest BCUT2D eigenvalue weighted by Gasteiger charge is 2.14. The van der Waals surface area contributed by atoms with Crippen LogP contribution in [0, 0.1) is 0 Å². The van der Waals surface area contributed by atoms with Crippen molar-refractivity contribution in [2.75, 3.05) is 5.32 Å². The quantitative estimate of drug-likeness (QED) is 0.470. The van der Waals surface area contributed by atoms with Crippen molar-refractivity contribution in [2.24, 2.45) is 12.1 Å². The first-order chi connectivity index (χ1) is 13.4. The van der Waals surface area contributed by atoms with Crippen molar-refractivity contribution < 1.29 is 9.59 Å². The number of hydrazone groups is 1. The monoisotopic (exact) mass is 440 g/mol. The summed E-state index contributed by atoms with van der Waals surface area (Å²) in [6.07, 6.45) is 4.80. The molecule has 3 rings (SSSR count). The Hall–Kier alpha value is -3.33. The molecular weight excluding hydrogens is 424 g/mol. The predicted molar refractivity (Wildman–Crippen MR) is 109 cm³/mol. The standard InChI is InChI=1S/C19H17BrN6O2/c1-12(23-24-19(28)17-16(20)11-26(2)25-17)14-4-3-5-15(10-14)22-18(27)13-6-8-21-9-7-13/h3-11H,1-2H3,(H,22,27)(H,24,28). The minimum atomic E-state index is -0.422. The molecule has 0 fully saturated rings. The summed E-state index contributed by atoms with van der Waals surface area (Å²) in [5, 5.41) is 11.0. The molecule has 2 N–H and O–H groups in total. The van der Waals surface area contributed by atoms with Crippen LogP contribution in [-0.4, -0.2) is 32.3 Å². The molecule has 0 aliphatic rings. The van der Waals surface area contributed by atoms with Crippen molar-refractivity contribution in [3.05, 3.63) is 76.3 Å². The summed E-state index contributed by atoms with van der Waals surface area (Å²) in [6.45, 7) is 1.76. The van der Waals surface area contributed by atoms with Crippen LogP contribution >= 0.6 is 15.9 Å². The van der Waals surface area contributed by atoms with E-state index in [0.717, 1.165) is 5.56 Å². The van der Waals surface area contributed by atoms with E-state index >= 15 is 0 Å². The number of halogens is 1. The summed E-state index contributed by atoms with van der Waals surface area (Å²) in [5.41, 5.74) is 5.21. The molecule has 0 atom stereocenters. The van der Waals surface area contributed by atoms with Crippen LogP contribution in [0.2, 0.25) is 0 Å². The van der Waals surface area contributed by atoms with E-state index in [9.17, 15) is 9.59 Å². The molecule has 0 unspecified atom stereocenters. The molecule has 0 saturated heterocycles. The smallest absolute Gasteiger partial charge is 0.293 e. The van der Waals surface area contributed by atoms with E-state index in [4.69, 9.17) is 0 Å². The van der Waals surface area contributed by atoms with Crippen LogP contribution in [0.25, 0.3) is 0 Å². The number of nitrogens with one attached hydrogen (secondary N) is 2. The zero-order valence-corrected chi connectivity index (χ0v) is 16.8. The Morgan fingerprint density at radius 2 is 1.86 bits per heavy atom. The van der Waals surface area contributed by atoms with E-state index in [1.807, 2.05) is 6.07 Å². The van der Waals surface area contributed by atoms with Crippen LogP contribution in [0.1, 0.15) is 33.3 Å². The normalized spacial score (nSPS) is 11.2. The Bertz CT molecular complexity index is 1050. The number of carbonyl (C=O) groups excluding carboxylic acids is 2. The Kier molecular flexibility index (Phi) is 5.95. The molecule has 9 heteroatoms. The Morgan fingerprint density at radius 3 is 2.54 bits per heavy atom. The number of rotatable bonds is 5. The fourth-order valence-electron chi connectivity index (χ4n) is 2.39. The zero-order valence-electron chi connectivity index (χ0n) is 15.2. The van der Waals surface area contributed by atoms with Crippen LogP contribution in [-0.2, 0) is 7.05 Å². The third-order valence-corrected chi connectivity index (χ3v) is 4.39. The van der Waals surface area contributed by atoms with E-state index in [1.165, 1.54) is 4.68 Å². The van der Waals surface area contributed by atoms with E-state index in [1.54, 1.807) is 62.9 Å². The van der Waals surface area contributed by atoms with Crippen molar-refractivity contribution in [1.29, 1.82) is 0 Å². The first-order valence-electron chi connectivity index (χ1n) is 8.29. The van der Waals surface area contributed by atoms with Gasteiger partial charge in [0.2, 0.25) is 0 Å². The SMILES string of the molecule is CC(=NNC(=O)c1nn(C)cc1Br)c1cccc(NC(=O)c2ccncc2)c1. The number of aryl methyl sites for hydroxylation is 1. The first kappa shape index (κ1) is 19.4. The molecule has 0 spiro atoms. The lowest BCUT2D eigenvalue weighted by Gasteiger charge is -2.08. The third-order valence-electron chi connectivity index (χ3n) is 3.81. The van der Waals surface area contributed by atoms with Gasteiger partial charge in [-0.1, -0.05) is 12.1 Å². The molecule has 0 aliphatic carbocycles. The van der Waals surface area contributed by atoms with Crippen LogP contribution < -0.4 is 10.7 Å². The number of carbonyl (C=O) groups is 2. The van der Waals surface area contributed by atoms with E-state index < -0.39 is 5.91 Å². The molecule has 8 nitrogen and oxygen atoms in total. The number of hydrogen-bond acceptors (Lipinski definition) is 5. The maximum absolute atomic E-state index is 12.3. The summed E-state index contributed by atoms with van der Waals surface area (Å²) in [4.78, 5) is 28.4. The average Bonchev–Trinajstić information content (AvgIpc) is 3.05. The number of amides is 2. The van der Waals surface area contributed by atoms with Crippen molar-refractivity contribution in [1.82, 2.24) is 20.2 Å². The summed E-state index contributed by atoms with van der Waals surface area (Å²) in [7, 11) is 1.72. The van der Waals surface area contributed by atoms with Crippen LogP contribution in [0.4, 0.5) is 5.69 Å². The maximum atomic E-state index is 12.3. The van der Waals surface area contributed by atoms with Crippen molar-refractivity contribution in [3.8, 4) is 0 Å². The Morgan fingerprint density at radius 1 is 1.11 bits per heavy atom. The highest BCUT2D eigenvalue weighted by Crippen LogP contribution is 2.15. The highest BCUT2D eigenvalue weighted by molar-refractivity contribution is 9.10. The molecule has 0 bridgehead atoms. The molecule has 0 aliphatic heterocycles. The summed E-state index contributed by atoms with van der Waals surface area (Å²) in [6, 6.07) is 10.5. The number of nitrogens with zero attached hydrogens (tertiary/aromatic N) is 4. The minimum absolute atomic E-state index is 0.234. The second-order valence-electron chi connectivity index (χ2n) is 5.91. The summed E-state index contributed by atoms with van der Waals surface area (Å²) in [5.74, 6) is -0.656. The molecule has 142 valence electrons. The molecule has 2 amide bonds. The van der Waals surface area contributed by atoms with Crippen molar-refractivity contribution >= 4 is 39.1 Å². The third kappa shape index (κ3) is 4.68. The predicted octanol–water partition coefficient (Wildman–Crippen LogP) is 2.98. The number of aromatic nitrogens is 3. The van der Waals surface area contributed by atoms with Gasteiger partial charge in [-0.3, -0.25) is 19.3 Å². The maximum Gasteiger partial charge on any atom is 0.293 e. The number of hydrogen-bond donors (Lipinski definition) is 2. The van der Waals surface area contributed by atoms with Gasteiger partial charge in [-0.05, 0) is 52.7 Å². The minimum Gasteiger partial charge on any atom is -0.322 e. The van der Waals surface area contributed by atoms with Crippen LogP contribution in [0.3, 0.4) is 0 Å². The van der Waals surface area contributed by atoms with Crippen LogP contribution in [0.5, 0.6) is 0 Å². The van der Waals surface area contributed by atoms with Crippen molar-refractivity contribution in [2.45, 2.75) is 6.92 Å². The van der Waals surface area contributed by atoms with E-state index in [2.05, 4.69) is 41.9 Å². The number of benzene rings is 1. The highest BCUT2D eigenvalue weighted by atomic mass is 79.9. The topological polar surface area (TPSA) is 101 Å². The molecule has 0 radical (unpaired) electrons. The molecular formula is C19H17BrN6O2. The molecule has 2 heterocycles. The first-order valence-corrected chi connectivity index (χ1v) is 9.09. The van der Waals surface area contributed by atoms with Crippen LogP contribution in [0.15, 0.2) is 64.6 Å². The average molecular weight is 441 g/mol. The lowest BCUT2D eigenvalue weighted by Crippen LogP contribution is -2.20. The largest absolute Gasteiger partial charge is 0.322 e. The second-order valence-corrected chi connectivity index (χ2v) is 6.76. The number of anilines is 1. The molecule has 2 aromatic heterocycles. The van der Waals surface area contributed by atoms with Gasteiger partial charge in [-0.2, -0.15) is 10.2 Å². The van der Waals surface area contributed by atoms with Gasteiger partial charge in [0.25, 0.3) is 11.8 Å². The van der Waals surface area contributed by atoms with Gasteiger partial charge in [-0.15, -0.1) is 0 Å². The van der Waals surface area contributed by atoms with Gasteiger partial charge < -0.3 is 5.32 Å². The fourth-order valence-corrected chi connectivity index (χ4v) is 2.95. The van der Waals surface area contributed by atoms with Gasteiger partial charge in [0.1, 0.15) is 0 Å². The molecule has 1 aromatic carbocycles. The van der Waals surface area contributed by atoms with Gasteiger partial charge >= 0.3 is 0 Å². The second kappa shape index (κ2) is 8.57. The van der Waals surface area contributed by atoms with Gasteiger partial charge in [-0.25, -0.2) is 5.43 Å². The van der Waals surface area contributed by atoms with E-state index in [0.29, 0.717) is 21.4 Å². The fraction of sp³-hybridized carbons (Fsp3) is 0.105. The lowest BCUT2D eigenvalue weighted by molar-refractivity contribution is 0.0947. The summed E-state index contributed by atoms with van der Waals surface area (Å²) < 4.78 is 2.12. The Labute approximate surface area is 169 Å². The van der Waals surface area contributed by atoms with Gasteiger partial charge in [0.15, 0.2) is 5.69 Å². The molecule has 28 heavy (non-hydrogen) atoms. The zero-order chi connectivity index (χ0) is 20.1. The lowest BCUT2D eigenvalue weighted by atomic mass is 10.1. The van der Waals surface area contributed by atoms with Crippen molar-refractivity contribution in [3.63, 3.8) is 0 Å². The van der Waals surface area contributed by atoms with E-state index in [-0.39, 0.29) is 11.6 Å². The van der Waals surface area contributed by atoms with Gasteiger partial charge in [0, 0.05) is 36.9 Å². The molecule has 3 aromatic rings. The molecule has 0 saturated carbocycles. The Balaban J connectivity index is 1.70. The summed E-state index contributed by atoms with van der Waals surface area (Å²) >= 11 is 3.28. The number of pyridine rings is 1.